The summed E-state index contributed by atoms with van der Waals surface area (Å²) in [5.74, 6) is -0.0929. The number of carbonyl (C=O) groups is 1. The molecule has 0 aliphatic heterocycles. The van der Waals surface area contributed by atoms with Crippen molar-refractivity contribution in [3.63, 3.8) is 0 Å². The number of esters is 1. The number of hydrogen-bond acceptors (Lipinski definition) is 6. The molecule has 6 nitrogen and oxygen atoms in total. The van der Waals surface area contributed by atoms with Crippen molar-refractivity contribution in [2.75, 3.05) is 19.0 Å². The molecule has 100 valence electrons. The molecule has 0 aromatic carbocycles. The monoisotopic (exact) mass is 253 g/mol. The summed E-state index contributed by atoms with van der Waals surface area (Å²) < 4.78 is 4.54. The lowest BCUT2D eigenvalue weighted by Crippen LogP contribution is -2.35. The predicted molar refractivity (Wildman–Crippen MR) is 67.4 cm³/mol. The van der Waals surface area contributed by atoms with Gasteiger partial charge in [0.2, 0.25) is 5.82 Å². The molecule has 0 fully saturated rings. The van der Waals surface area contributed by atoms with E-state index >= 15 is 0 Å². The van der Waals surface area contributed by atoms with Crippen LogP contribution in [0.15, 0.2) is 12.3 Å². The van der Waals surface area contributed by atoms with Gasteiger partial charge < -0.3 is 15.2 Å². The number of rotatable bonds is 6. The predicted octanol–water partition coefficient (Wildman–Crippen LogP) is 1.23. The van der Waals surface area contributed by atoms with Crippen LogP contribution in [-0.2, 0) is 4.74 Å². The molecular formula is C12H19N3O3. The summed E-state index contributed by atoms with van der Waals surface area (Å²) in [6.07, 6.45) is 2.76. The number of anilines is 1. The number of nitrogens with zero attached hydrogens (tertiary/aromatic N) is 2. The fourth-order valence-corrected chi connectivity index (χ4v) is 1.40. The van der Waals surface area contributed by atoms with Crippen LogP contribution in [0.5, 0.6) is 0 Å². The lowest BCUT2D eigenvalue weighted by molar-refractivity contribution is 0.0456. The number of methoxy groups -OCH3 is 1. The highest BCUT2D eigenvalue weighted by Crippen LogP contribution is 2.15. The first-order valence-electron chi connectivity index (χ1n) is 5.92. The Kier molecular flexibility index (Phi) is 5.03. The van der Waals surface area contributed by atoms with E-state index in [9.17, 15) is 9.90 Å². The Balaban J connectivity index is 2.71. The van der Waals surface area contributed by atoms with Gasteiger partial charge in [0.1, 0.15) is 5.82 Å². The molecule has 0 saturated carbocycles. The van der Waals surface area contributed by atoms with Gasteiger partial charge in [0.25, 0.3) is 0 Å². The quantitative estimate of drug-likeness (QED) is 0.742. The maximum atomic E-state index is 11.3. The van der Waals surface area contributed by atoms with Gasteiger partial charge in [-0.25, -0.2) is 14.8 Å². The molecule has 0 aliphatic carbocycles. The minimum atomic E-state index is -0.767. The van der Waals surface area contributed by atoms with E-state index in [0.717, 1.165) is 0 Å². The third-order valence-corrected chi connectivity index (χ3v) is 2.94. The minimum absolute atomic E-state index is 0.000892. The molecule has 18 heavy (non-hydrogen) atoms. The molecule has 0 atom stereocenters. The van der Waals surface area contributed by atoms with E-state index in [0.29, 0.717) is 25.2 Å². The summed E-state index contributed by atoms with van der Waals surface area (Å²) in [5, 5.41) is 13.1. The third-order valence-electron chi connectivity index (χ3n) is 2.94. The first kappa shape index (κ1) is 14.4. The number of aromatic nitrogens is 2. The fourth-order valence-electron chi connectivity index (χ4n) is 1.40. The molecule has 0 aliphatic rings. The topological polar surface area (TPSA) is 84.3 Å². The second kappa shape index (κ2) is 6.30. The smallest absolute Gasteiger partial charge is 0.376 e. The standard InChI is InChI=1S/C12H19N3O3/c1-4-12(17,5-2)8-14-9-6-7-13-10(15-9)11(16)18-3/h6-7,17H,4-5,8H2,1-3H3,(H,13,14,15). The third kappa shape index (κ3) is 3.66. The van der Waals surface area contributed by atoms with Gasteiger partial charge in [0.15, 0.2) is 0 Å². The van der Waals surface area contributed by atoms with Crippen molar-refractivity contribution < 1.29 is 14.6 Å². The zero-order chi connectivity index (χ0) is 13.6. The van der Waals surface area contributed by atoms with E-state index in [1.165, 1.54) is 13.3 Å². The Morgan fingerprint density at radius 3 is 2.72 bits per heavy atom. The lowest BCUT2D eigenvalue weighted by Gasteiger charge is -2.25. The molecule has 6 heteroatoms. The number of carbonyl (C=O) groups excluding carboxylic acids is 1. The van der Waals surface area contributed by atoms with Crippen molar-refractivity contribution in [3.05, 3.63) is 18.1 Å². The molecule has 1 rings (SSSR count). The molecule has 0 unspecified atom stereocenters. The van der Waals surface area contributed by atoms with Gasteiger partial charge >= 0.3 is 5.97 Å². The van der Waals surface area contributed by atoms with Crippen LogP contribution < -0.4 is 5.32 Å². The number of hydrogen-bond donors (Lipinski definition) is 2. The molecule has 1 aromatic heterocycles. The van der Waals surface area contributed by atoms with Gasteiger partial charge in [-0.1, -0.05) is 13.8 Å². The summed E-state index contributed by atoms with van der Waals surface area (Å²) in [5.41, 5.74) is -0.767. The second-order valence-electron chi connectivity index (χ2n) is 4.04. The average molecular weight is 253 g/mol. The van der Waals surface area contributed by atoms with E-state index in [4.69, 9.17) is 0 Å². The van der Waals surface area contributed by atoms with E-state index in [-0.39, 0.29) is 5.82 Å². The second-order valence-corrected chi connectivity index (χ2v) is 4.04. The average Bonchev–Trinajstić information content (AvgIpc) is 2.44. The highest BCUT2D eigenvalue weighted by atomic mass is 16.5. The SMILES string of the molecule is CCC(O)(CC)CNc1ccnc(C(=O)OC)n1. The Bertz CT molecular complexity index is 405. The highest BCUT2D eigenvalue weighted by molar-refractivity contribution is 5.85. The normalized spacial score (nSPS) is 11.1. The van der Waals surface area contributed by atoms with Crippen LogP contribution in [0, 0.1) is 0 Å². The molecule has 1 aromatic rings. The van der Waals surface area contributed by atoms with Crippen molar-refractivity contribution in [2.45, 2.75) is 32.3 Å². The molecule has 0 saturated heterocycles. The van der Waals surface area contributed by atoms with Crippen LogP contribution in [0.1, 0.15) is 37.3 Å². The van der Waals surface area contributed by atoms with Crippen molar-refractivity contribution in [3.8, 4) is 0 Å². The number of nitrogens with one attached hydrogen (secondary N) is 1. The maximum Gasteiger partial charge on any atom is 0.376 e. The fraction of sp³-hybridized carbons (Fsp3) is 0.583. The molecule has 0 amide bonds. The van der Waals surface area contributed by atoms with E-state index < -0.39 is 11.6 Å². The van der Waals surface area contributed by atoms with Gasteiger partial charge in [-0.3, -0.25) is 0 Å². The van der Waals surface area contributed by atoms with E-state index in [1.54, 1.807) is 6.07 Å². The van der Waals surface area contributed by atoms with Gasteiger partial charge in [0.05, 0.1) is 12.7 Å². The molecular weight excluding hydrogens is 234 g/mol. The van der Waals surface area contributed by atoms with Crippen LogP contribution in [0.4, 0.5) is 5.82 Å². The zero-order valence-electron chi connectivity index (χ0n) is 10.9. The van der Waals surface area contributed by atoms with Crippen LogP contribution in [0.25, 0.3) is 0 Å². The van der Waals surface area contributed by atoms with Gasteiger partial charge in [-0.2, -0.15) is 0 Å². The highest BCUT2D eigenvalue weighted by Gasteiger charge is 2.22. The van der Waals surface area contributed by atoms with Gasteiger partial charge in [-0.05, 0) is 18.9 Å². The number of ether oxygens (including phenoxy) is 1. The molecule has 1 heterocycles. The first-order chi connectivity index (χ1) is 8.54. The van der Waals surface area contributed by atoms with Crippen LogP contribution in [0.3, 0.4) is 0 Å². The van der Waals surface area contributed by atoms with Crippen molar-refractivity contribution >= 4 is 11.8 Å². The van der Waals surface area contributed by atoms with Crippen LogP contribution >= 0.6 is 0 Å². The molecule has 0 spiro atoms. The number of aliphatic hydroxyl groups is 1. The first-order valence-corrected chi connectivity index (χ1v) is 5.92. The van der Waals surface area contributed by atoms with Crippen LogP contribution in [-0.4, -0.2) is 40.3 Å². The van der Waals surface area contributed by atoms with E-state index in [2.05, 4.69) is 20.0 Å². The molecule has 0 bridgehead atoms. The summed E-state index contributed by atoms with van der Waals surface area (Å²) >= 11 is 0. The maximum absolute atomic E-state index is 11.3. The molecule has 2 N–H and O–H groups in total. The minimum Gasteiger partial charge on any atom is -0.463 e. The van der Waals surface area contributed by atoms with E-state index in [1.807, 2.05) is 13.8 Å². The summed E-state index contributed by atoms with van der Waals surface area (Å²) in [6.45, 7) is 4.22. The zero-order valence-corrected chi connectivity index (χ0v) is 10.9. The lowest BCUT2D eigenvalue weighted by atomic mass is 9.98. The van der Waals surface area contributed by atoms with Gasteiger partial charge in [0, 0.05) is 12.7 Å². The summed E-state index contributed by atoms with van der Waals surface area (Å²) in [6, 6.07) is 1.64. The Morgan fingerprint density at radius 1 is 1.50 bits per heavy atom. The van der Waals surface area contributed by atoms with Gasteiger partial charge in [-0.15, -0.1) is 0 Å². The van der Waals surface area contributed by atoms with Crippen molar-refractivity contribution in [2.24, 2.45) is 0 Å². The Morgan fingerprint density at radius 2 is 2.17 bits per heavy atom. The van der Waals surface area contributed by atoms with Crippen molar-refractivity contribution in [1.82, 2.24) is 9.97 Å². The summed E-state index contributed by atoms with van der Waals surface area (Å²) in [4.78, 5) is 19.1. The Labute approximate surface area is 106 Å². The van der Waals surface area contributed by atoms with Crippen LogP contribution in [0.2, 0.25) is 0 Å². The Hall–Kier alpha value is -1.69. The summed E-state index contributed by atoms with van der Waals surface area (Å²) in [7, 11) is 1.28. The largest absolute Gasteiger partial charge is 0.463 e. The van der Waals surface area contributed by atoms with Crippen molar-refractivity contribution in [1.29, 1.82) is 0 Å². The molecule has 0 radical (unpaired) electrons.